The number of nitrogens with one attached hydrogen (secondary N) is 1. The van der Waals surface area contributed by atoms with Gasteiger partial charge in [0.05, 0.1) is 0 Å². The topological polar surface area (TPSA) is 56.0 Å². The third-order valence-electron chi connectivity index (χ3n) is 4.47. The Morgan fingerprint density at radius 2 is 2.09 bits per heavy atom. The SMILES string of the molecule is Cn1ccc2ccn(CC(=O)NCCC3=CCCCC3)c(=O)c21. The van der Waals surface area contributed by atoms with E-state index in [1.807, 2.05) is 25.4 Å². The van der Waals surface area contributed by atoms with Gasteiger partial charge in [-0.05, 0) is 44.2 Å². The summed E-state index contributed by atoms with van der Waals surface area (Å²) < 4.78 is 3.26. The summed E-state index contributed by atoms with van der Waals surface area (Å²) in [6.07, 6.45) is 11.6. The molecule has 0 radical (unpaired) electrons. The molecule has 0 aliphatic heterocycles. The lowest BCUT2D eigenvalue weighted by molar-refractivity contribution is -0.121. The fraction of sp³-hybridized carbons (Fsp3) is 0.444. The maximum Gasteiger partial charge on any atom is 0.275 e. The number of carbonyl (C=O) groups excluding carboxylic acids is 1. The van der Waals surface area contributed by atoms with Gasteiger partial charge in [-0.15, -0.1) is 0 Å². The van der Waals surface area contributed by atoms with Gasteiger partial charge in [0.2, 0.25) is 5.91 Å². The van der Waals surface area contributed by atoms with Crippen molar-refractivity contribution in [3.8, 4) is 0 Å². The molecule has 5 heteroatoms. The van der Waals surface area contributed by atoms with Gasteiger partial charge < -0.3 is 14.5 Å². The molecule has 0 fully saturated rings. The molecule has 0 aromatic carbocycles. The van der Waals surface area contributed by atoms with E-state index in [1.54, 1.807) is 10.8 Å². The molecule has 0 atom stereocenters. The highest BCUT2D eigenvalue weighted by atomic mass is 16.2. The van der Waals surface area contributed by atoms with E-state index in [0.717, 1.165) is 24.6 Å². The van der Waals surface area contributed by atoms with Crippen molar-refractivity contribution in [1.82, 2.24) is 14.5 Å². The number of aryl methyl sites for hydroxylation is 1. The maximum absolute atomic E-state index is 12.4. The molecule has 0 spiro atoms. The molecule has 0 saturated carbocycles. The van der Waals surface area contributed by atoms with Gasteiger partial charge in [-0.1, -0.05) is 11.6 Å². The van der Waals surface area contributed by atoms with Crippen molar-refractivity contribution in [1.29, 1.82) is 0 Å². The number of pyridine rings is 1. The fourth-order valence-electron chi connectivity index (χ4n) is 3.16. The van der Waals surface area contributed by atoms with Crippen LogP contribution in [0.5, 0.6) is 0 Å². The highest BCUT2D eigenvalue weighted by Gasteiger charge is 2.10. The van der Waals surface area contributed by atoms with E-state index in [4.69, 9.17) is 0 Å². The summed E-state index contributed by atoms with van der Waals surface area (Å²) in [6, 6.07) is 3.77. The van der Waals surface area contributed by atoms with Gasteiger partial charge in [-0.2, -0.15) is 0 Å². The van der Waals surface area contributed by atoms with E-state index in [9.17, 15) is 9.59 Å². The minimum absolute atomic E-state index is 0.0685. The number of hydrogen-bond donors (Lipinski definition) is 1. The predicted molar refractivity (Wildman–Crippen MR) is 91.4 cm³/mol. The number of nitrogens with zero attached hydrogens (tertiary/aromatic N) is 2. The van der Waals surface area contributed by atoms with Crippen molar-refractivity contribution in [3.63, 3.8) is 0 Å². The molecule has 1 aliphatic carbocycles. The molecule has 23 heavy (non-hydrogen) atoms. The highest BCUT2D eigenvalue weighted by Crippen LogP contribution is 2.19. The van der Waals surface area contributed by atoms with E-state index in [2.05, 4.69) is 11.4 Å². The van der Waals surface area contributed by atoms with Crippen LogP contribution >= 0.6 is 0 Å². The second kappa shape index (κ2) is 6.86. The molecule has 2 aromatic rings. The monoisotopic (exact) mass is 313 g/mol. The smallest absolute Gasteiger partial charge is 0.275 e. The molecule has 3 rings (SSSR count). The zero-order valence-corrected chi connectivity index (χ0v) is 13.5. The number of carbonyl (C=O) groups is 1. The summed E-state index contributed by atoms with van der Waals surface area (Å²) >= 11 is 0. The average Bonchev–Trinajstić information content (AvgIpc) is 2.93. The molecule has 2 aromatic heterocycles. The fourth-order valence-corrected chi connectivity index (χ4v) is 3.16. The van der Waals surface area contributed by atoms with E-state index < -0.39 is 0 Å². The Kier molecular flexibility index (Phi) is 4.65. The average molecular weight is 313 g/mol. The van der Waals surface area contributed by atoms with Gasteiger partial charge in [-0.25, -0.2) is 0 Å². The van der Waals surface area contributed by atoms with Crippen molar-refractivity contribution >= 4 is 16.8 Å². The lowest BCUT2D eigenvalue weighted by Gasteiger charge is -2.13. The summed E-state index contributed by atoms with van der Waals surface area (Å²) in [5, 5.41) is 3.82. The number of fused-ring (bicyclic) bond motifs is 1. The van der Waals surface area contributed by atoms with Gasteiger partial charge >= 0.3 is 0 Å². The van der Waals surface area contributed by atoms with Crippen LogP contribution in [0.25, 0.3) is 10.9 Å². The summed E-state index contributed by atoms with van der Waals surface area (Å²) in [4.78, 5) is 24.5. The van der Waals surface area contributed by atoms with Crippen molar-refractivity contribution < 1.29 is 4.79 Å². The molecule has 0 unspecified atom stereocenters. The lowest BCUT2D eigenvalue weighted by atomic mass is 9.97. The molecule has 1 amide bonds. The molecular formula is C18H23N3O2. The number of amides is 1. The molecular weight excluding hydrogens is 290 g/mol. The summed E-state index contributed by atoms with van der Waals surface area (Å²) in [7, 11) is 1.84. The third kappa shape index (κ3) is 3.55. The Bertz CT molecular complexity index is 798. The number of aromatic nitrogens is 2. The zero-order chi connectivity index (χ0) is 16.2. The number of hydrogen-bond acceptors (Lipinski definition) is 2. The molecule has 1 N–H and O–H groups in total. The largest absolute Gasteiger partial charge is 0.354 e. The molecule has 122 valence electrons. The van der Waals surface area contributed by atoms with E-state index >= 15 is 0 Å². The number of allylic oxidation sites excluding steroid dienone is 1. The normalized spacial score (nSPS) is 14.7. The zero-order valence-electron chi connectivity index (χ0n) is 13.5. The molecule has 0 saturated heterocycles. The van der Waals surface area contributed by atoms with Crippen molar-refractivity contribution in [2.24, 2.45) is 7.05 Å². The Hall–Kier alpha value is -2.30. The molecule has 5 nitrogen and oxygen atoms in total. The lowest BCUT2D eigenvalue weighted by Crippen LogP contribution is -2.33. The molecule has 0 bridgehead atoms. The first-order valence-corrected chi connectivity index (χ1v) is 8.24. The minimum atomic E-state index is -0.125. The molecule has 1 aliphatic rings. The van der Waals surface area contributed by atoms with E-state index in [-0.39, 0.29) is 18.0 Å². The maximum atomic E-state index is 12.4. The van der Waals surface area contributed by atoms with Crippen LogP contribution in [0, 0.1) is 0 Å². The standard InChI is InChI=1S/C18H23N3O2/c1-20-11-8-15-9-12-21(18(23)17(15)20)13-16(22)19-10-7-14-5-3-2-4-6-14/h5,8-9,11-12H,2-4,6-7,10,13H2,1H3,(H,19,22). The second-order valence-electron chi connectivity index (χ2n) is 6.19. The minimum Gasteiger partial charge on any atom is -0.354 e. The Labute approximate surface area is 135 Å². The van der Waals surface area contributed by atoms with Gasteiger partial charge in [0.15, 0.2) is 0 Å². The summed E-state index contributed by atoms with van der Waals surface area (Å²) in [6.45, 7) is 0.713. The Morgan fingerprint density at radius 1 is 1.26 bits per heavy atom. The van der Waals surface area contributed by atoms with Gasteiger partial charge in [0, 0.05) is 31.4 Å². The van der Waals surface area contributed by atoms with Crippen LogP contribution in [-0.4, -0.2) is 21.6 Å². The highest BCUT2D eigenvalue weighted by molar-refractivity contribution is 5.80. The second-order valence-corrected chi connectivity index (χ2v) is 6.19. The van der Waals surface area contributed by atoms with Crippen LogP contribution < -0.4 is 10.9 Å². The van der Waals surface area contributed by atoms with Crippen LogP contribution in [-0.2, 0) is 18.4 Å². The van der Waals surface area contributed by atoms with Crippen molar-refractivity contribution in [2.75, 3.05) is 6.54 Å². The van der Waals surface area contributed by atoms with Crippen LogP contribution in [0.2, 0.25) is 0 Å². The van der Waals surface area contributed by atoms with Crippen LogP contribution in [0.4, 0.5) is 0 Å². The predicted octanol–water partition coefficient (Wildman–Crippen LogP) is 2.35. The van der Waals surface area contributed by atoms with E-state index in [0.29, 0.717) is 12.1 Å². The van der Waals surface area contributed by atoms with E-state index in [1.165, 1.54) is 23.0 Å². The van der Waals surface area contributed by atoms with Crippen LogP contribution in [0.3, 0.4) is 0 Å². The summed E-state index contributed by atoms with van der Waals surface area (Å²) in [5.74, 6) is -0.114. The third-order valence-corrected chi connectivity index (χ3v) is 4.47. The first-order valence-electron chi connectivity index (χ1n) is 8.24. The Balaban J connectivity index is 1.59. The number of rotatable bonds is 5. The first-order chi connectivity index (χ1) is 11.1. The quantitative estimate of drug-likeness (QED) is 0.862. The van der Waals surface area contributed by atoms with Crippen LogP contribution in [0.1, 0.15) is 32.1 Å². The molecule has 2 heterocycles. The van der Waals surface area contributed by atoms with Crippen molar-refractivity contribution in [3.05, 3.63) is 46.5 Å². The first kappa shape index (κ1) is 15.6. The van der Waals surface area contributed by atoms with Gasteiger partial charge in [0.25, 0.3) is 5.56 Å². The Morgan fingerprint density at radius 3 is 2.87 bits per heavy atom. The van der Waals surface area contributed by atoms with Crippen LogP contribution in [0.15, 0.2) is 41.0 Å². The van der Waals surface area contributed by atoms with Gasteiger partial charge in [-0.3, -0.25) is 9.59 Å². The van der Waals surface area contributed by atoms with Crippen molar-refractivity contribution in [2.45, 2.75) is 38.6 Å². The summed E-state index contributed by atoms with van der Waals surface area (Å²) in [5.41, 5.74) is 1.95. The van der Waals surface area contributed by atoms with Gasteiger partial charge in [0.1, 0.15) is 12.1 Å².